The molecule has 0 unspecified atom stereocenters. The number of rotatable bonds is 6. The molecule has 82 valence electrons. The Balaban J connectivity index is 2.53. The van der Waals surface area contributed by atoms with Gasteiger partial charge in [-0.25, -0.2) is 0 Å². The van der Waals surface area contributed by atoms with Crippen LogP contribution in [0.4, 0.5) is 0 Å². The SMILES string of the molecule is COCC(=O)CCc1ccccc1OC. The molecule has 0 spiro atoms. The first-order valence-electron chi connectivity index (χ1n) is 4.90. The Morgan fingerprint density at radius 2 is 2.00 bits per heavy atom. The number of Topliss-reactive ketones (excluding diaryl/α,β-unsaturated/α-hetero) is 1. The van der Waals surface area contributed by atoms with Crippen LogP contribution in [0.25, 0.3) is 0 Å². The zero-order chi connectivity index (χ0) is 11.1. The third kappa shape index (κ3) is 3.72. The smallest absolute Gasteiger partial charge is 0.158 e. The molecule has 0 bridgehead atoms. The van der Waals surface area contributed by atoms with E-state index in [1.54, 1.807) is 7.11 Å². The van der Waals surface area contributed by atoms with Crippen LogP contribution < -0.4 is 4.74 Å². The van der Waals surface area contributed by atoms with E-state index in [2.05, 4.69) is 0 Å². The summed E-state index contributed by atoms with van der Waals surface area (Å²) in [7, 11) is 3.16. The van der Waals surface area contributed by atoms with Gasteiger partial charge in [-0.2, -0.15) is 0 Å². The molecule has 0 aliphatic heterocycles. The number of ether oxygens (including phenoxy) is 2. The lowest BCUT2D eigenvalue weighted by molar-refractivity contribution is -0.122. The summed E-state index contributed by atoms with van der Waals surface area (Å²) in [6, 6.07) is 7.73. The average molecular weight is 208 g/mol. The summed E-state index contributed by atoms with van der Waals surface area (Å²) in [4.78, 5) is 11.3. The van der Waals surface area contributed by atoms with Crippen molar-refractivity contribution >= 4 is 5.78 Å². The highest BCUT2D eigenvalue weighted by molar-refractivity contribution is 5.79. The van der Waals surface area contributed by atoms with Crippen molar-refractivity contribution in [2.24, 2.45) is 0 Å². The molecule has 0 radical (unpaired) electrons. The maximum absolute atomic E-state index is 11.3. The Kier molecular flexibility index (Phi) is 4.84. The third-order valence-corrected chi connectivity index (χ3v) is 2.17. The quantitative estimate of drug-likeness (QED) is 0.715. The fourth-order valence-electron chi connectivity index (χ4n) is 1.42. The van der Waals surface area contributed by atoms with Gasteiger partial charge in [0.2, 0.25) is 0 Å². The molecule has 15 heavy (non-hydrogen) atoms. The van der Waals surface area contributed by atoms with Crippen molar-refractivity contribution in [1.29, 1.82) is 0 Å². The van der Waals surface area contributed by atoms with Crippen LogP contribution in [-0.4, -0.2) is 26.6 Å². The molecule has 0 aromatic heterocycles. The van der Waals surface area contributed by atoms with E-state index in [0.29, 0.717) is 12.8 Å². The van der Waals surface area contributed by atoms with E-state index in [1.807, 2.05) is 24.3 Å². The number of carbonyl (C=O) groups excluding carboxylic acids is 1. The highest BCUT2D eigenvalue weighted by atomic mass is 16.5. The second kappa shape index (κ2) is 6.19. The van der Waals surface area contributed by atoms with Gasteiger partial charge in [0.1, 0.15) is 12.4 Å². The second-order valence-electron chi connectivity index (χ2n) is 3.28. The molecule has 0 aliphatic carbocycles. The second-order valence-corrected chi connectivity index (χ2v) is 3.28. The van der Waals surface area contributed by atoms with Crippen molar-refractivity contribution in [2.45, 2.75) is 12.8 Å². The van der Waals surface area contributed by atoms with Crippen LogP contribution in [0.5, 0.6) is 5.75 Å². The minimum Gasteiger partial charge on any atom is -0.496 e. The Bertz CT molecular complexity index is 320. The number of ketones is 1. The molecule has 0 fully saturated rings. The Labute approximate surface area is 90.0 Å². The number of hydrogen-bond donors (Lipinski definition) is 0. The first-order valence-corrected chi connectivity index (χ1v) is 4.90. The number of aryl methyl sites for hydroxylation is 1. The molecule has 0 amide bonds. The first kappa shape index (κ1) is 11.7. The van der Waals surface area contributed by atoms with E-state index in [9.17, 15) is 4.79 Å². The van der Waals surface area contributed by atoms with E-state index in [4.69, 9.17) is 9.47 Å². The Morgan fingerprint density at radius 1 is 1.27 bits per heavy atom. The molecule has 3 heteroatoms. The molecule has 0 heterocycles. The van der Waals surface area contributed by atoms with Gasteiger partial charge in [0, 0.05) is 13.5 Å². The molecule has 1 aromatic carbocycles. The van der Waals surface area contributed by atoms with Gasteiger partial charge < -0.3 is 9.47 Å². The molecule has 3 nitrogen and oxygen atoms in total. The fourth-order valence-corrected chi connectivity index (χ4v) is 1.42. The van der Waals surface area contributed by atoms with Crippen LogP contribution in [0.15, 0.2) is 24.3 Å². The number of benzene rings is 1. The van der Waals surface area contributed by atoms with E-state index in [1.165, 1.54) is 7.11 Å². The van der Waals surface area contributed by atoms with Crippen LogP contribution in [0.3, 0.4) is 0 Å². The van der Waals surface area contributed by atoms with Crippen molar-refractivity contribution < 1.29 is 14.3 Å². The number of hydrogen-bond acceptors (Lipinski definition) is 3. The van der Waals surface area contributed by atoms with Crippen molar-refractivity contribution in [1.82, 2.24) is 0 Å². The van der Waals surface area contributed by atoms with E-state index in [-0.39, 0.29) is 12.4 Å². The zero-order valence-corrected chi connectivity index (χ0v) is 9.16. The Hall–Kier alpha value is -1.35. The van der Waals surface area contributed by atoms with Gasteiger partial charge in [-0.1, -0.05) is 18.2 Å². The van der Waals surface area contributed by atoms with E-state index >= 15 is 0 Å². The zero-order valence-electron chi connectivity index (χ0n) is 9.16. The van der Waals surface area contributed by atoms with Gasteiger partial charge in [0.25, 0.3) is 0 Å². The van der Waals surface area contributed by atoms with Crippen LogP contribution in [0.1, 0.15) is 12.0 Å². The molecule has 0 N–H and O–H groups in total. The summed E-state index contributed by atoms with van der Waals surface area (Å²) in [5.41, 5.74) is 1.06. The lowest BCUT2D eigenvalue weighted by atomic mass is 10.1. The summed E-state index contributed by atoms with van der Waals surface area (Å²) < 4.78 is 9.96. The van der Waals surface area contributed by atoms with Crippen LogP contribution in [0.2, 0.25) is 0 Å². The molecular weight excluding hydrogens is 192 g/mol. The highest BCUT2D eigenvalue weighted by Gasteiger charge is 2.05. The largest absolute Gasteiger partial charge is 0.496 e. The number of para-hydroxylation sites is 1. The third-order valence-electron chi connectivity index (χ3n) is 2.17. The van der Waals surface area contributed by atoms with Crippen LogP contribution >= 0.6 is 0 Å². The molecule has 1 aromatic rings. The normalized spacial score (nSPS) is 10.0. The molecule has 0 aliphatic rings. The number of methoxy groups -OCH3 is 2. The lowest BCUT2D eigenvalue weighted by Gasteiger charge is -2.07. The predicted octanol–water partition coefficient (Wildman–Crippen LogP) is 1.84. The lowest BCUT2D eigenvalue weighted by Crippen LogP contribution is -2.07. The summed E-state index contributed by atoms with van der Waals surface area (Å²) in [6.45, 7) is 0.190. The molecular formula is C12H16O3. The minimum atomic E-state index is 0.114. The van der Waals surface area contributed by atoms with E-state index in [0.717, 1.165) is 11.3 Å². The van der Waals surface area contributed by atoms with Gasteiger partial charge in [0.15, 0.2) is 5.78 Å². The van der Waals surface area contributed by atoms with Crippen LogP contribution in [-0.2, 0) is 16.0 Å². The molecule has 0 atom stereocenters. The molecule has 0 saturated heterocycles. The fraction of sp³-hybridized carbons (Fsp3) is 0.417. The topological polar surface area (TPSA) is 35.5 Å². The maximum Gasteiger partial charge on any atom is 0.158 e. The molecule has 0 saturated carbocycles. The van der Waals surface area contributed by atoms with Crippen molar-refractivity contribution in [2.75, 3.05) is 20.8 Å². The van der Waals surface area contributed by atoms with Gasteiger partial charge in [-0.3, -0.25) is 4.79 Å². The summed E-state index contributed by atoms with van der Waals surface area (Å²) >= 11 is 0. The number of carbonyl (C=O) groups is 1. The van der Waals surface area contributed by atoms with Gasteiger partial charge in [-0.15, -0.1) is 0 Å². The maximum atomic E-state index is 11.3. The summed E-state index contributed by atoms with van der Waals surface area (Å²) in [5, 5.41) is 0. The standard InChI is InChI=1S/C12H16O3/c1-14-9-11(13)8-7-10-5-3-4-6-12(10)15-2/h3-6H,7-9H2,1-2H3. The van der Waals surface area contributed by atoms with Gasteiger partial charge in [-0.05, 0) is 18.1 Å². The highest BCUT2D eigenvalue weighted by Crippen LogP contribution is 2.18. The molecule has 1 rings (SSSR count). The summed E-state index contributed by atoms with van der Waals surface area (Å²) in [5.74, 6) is 0.950. The van der Waals surface area contributed by atoms with Gasteiger partial charge >= 0.3 is 0 Å². The monoisotopic (exact) mass is 208 g/mol. The van der Waals surface area contributed by atoms with Gasteiger partial charge in [0.05, 0.1) is 7.11 Å². The average Bonchev–Trinajstić information content (AvgIpc) is 2.27. The van der Waals surface area contributed by atoms with Crippen molar-refractivity contribution in [3.05, 3.63) is 29.8 Å². The minimum absolute atomic E-state index is 0.114. The first-order chi connectivity index (χ1) is 7.27. The van der Waals surface area contributed by atoms with Crippen molar-refractivity contribution in [3.8, 4) is 5.75 Å². The van der Waals surface area contributed by atoms with Crippen molar-refractivity contribution in [3.63, 3.8) is 0 Å². The van der Waals surface area contributed by atoms with E-state index < -0.39 is 0 Å². The predicted molar refractivity (Wildman–Crippen MR) is 58.2 cm³/mol. The Morgan fingerprint density at radius 3 is 2.67 bits per heavy atom. The van der Waals surface area contributed by atoms with Crippen LogP contribution in [0, 0.1) is 0 Å². The summed E-state index contributed by atoms with van der Waals surface area (Å²) in [6.07, 6.45) is 1.19.